The fraction of sp³-hybridized carbons (Fsp3) is 0.909. The third-order valence-corrected chi connectivity index (χ3v) is 2.70. The summed E-state index contributed by atoms with van der Waals surface area (Å²) in [5, 5.41) is 0. The summed E-state index contributed by atoms with van der Waals surface area (Å²) < 4.78 is 0. The number of carbonyl (C=O) groups excluding carboxylic acids is 1. The molecule has 1 atom stereocenters. The quantitative estimate of drug-likeness (QED) is 0.700. The average molecular weight is 198 g/mol. The van der Waals surface area contributed by atoms with Gasteiger partial charge in [0.2, 0.25) is 5.91 Å². The van der Waals surface area contributed by atoms with E-state index in [1.165, 1.54) is 12.8 Å². The van der Waals surface area contributed by atoms with E-state index in [0.29, 0.717) is 30.8 Å². The maximum absolute atomic E-state index is 11.9. The number of amides is 1. The first-order valence-electron chi connectivity index (χ1n) is 5.68. The van der Waals surface area contributed by atoms with Gasteiger partial charge in [-0.15, -0.1) is 0 Å². The SMILES string of the molecule is CCCN(C(=O)CC(C)CN)C1CC1. The zero-order chi connectivity index (χ0) is 10.6. The second-order valence-electron chi connectivity index (χ2n) is 4.36. The topological polar surface area (TPSA) is 46.3 Å². The Morgan fingerprint density at radius 2 is 2.21 bits per heavy atom. The largest absolute Gasteiger partial charge is 0.340 e. The van der Waals surface area contributed by atoms with Gasteiger partial charge in [-0.2, -0.15) is 0 Å². The summed E-state index contributed by atoms with van der Waals surface area (Å²) in [5.74, 6) is 0.618. The molecule has 1 amide bonds. The predicted molar refractivity (Wildman–Crippen MR) is 57.9 cm³/mol. The monoisotopic (exact) mass is 198 g/mol. The minimum atomic E-state index is 0.298. The lowest BCUT2D eigenvalue weighted by Gasteiger charge is -2.23. The van der Waals surface area contributed by atoms with Gasteiger partial charge in [-0.1, -0.05) is 13.8 Å². The molecule has 0 saturated heterocycles. The first-order chi connectivity index (χ1) is 6.69. The van der Waals surface area contributed by atoms with Gasteiger partial charge in [-0.3, -0.25) is 4.79 Å². The van der Waals surface area contributed by atoms with Crippen LogP contribution in [-0.4, -0.2) is 29.9 Å². The lowest BCUT2D eigenvalue weighted by molar-refractivity contribution is -0.132. The molecular weight excluding hydrogens is 176 g/mol. The summed E-state index contributed by atoms with van der Waals surface area (Å²) in [4.78, 5) is 13.9. The first kappa shape index (κ1) is 11.5. The maximum atomic E-state index is 11.9. The Kier molecular flexibility index (Phi) is 4.39. The molecule has 2 N–H and O–H groups in total. The average Bonchev–Trinajstić information content (AvgIpc) is 2.97. The second kappa shape index (κ2) is 5.35. The van der Waals surface area contributed by atoms with Crippen molar-refractivity contribution in [1.29, 1.82) is 0 Å². The van der Waals surface area contributed by atoms with Crippen molar-refractivity contribution in [3.8, 4) is 0 Å². The summed E-state index contributed by atoms with van der Waals surface area (Å²) in [5.41, 5.74) is 5.52. The van der Waals surface area contributed by atoms with Crippen LogP contribution >= 0.6 is 0 Å². The van der Waals surface area contributed by atoms with Crippen molar-refractivity contribution >= 4 is 5.91 Å². The van der Waals surface area contributed by atoms with E-state index in [1.807, 2.05) is 11.8 Å². The van der Waals surface area contributed by atoms with Crippen molar-refractivity contribution in [2.75, 3.05) is 13.1 Å². The minimum Gasteiger partial charge on any atom is -0.340 e. The van der Waals surface area contributed by atoms with Gasteiger partial charge in [0.05, 0.1) is 0 Å². The van der Waals surface area contributed by atoms with E-state index in [2.05, 4.69) is 6.92 Å². The first-order valence-corrected chi connectivity index (χ1v) is 5.68. The number of nitrogens with zero attached hydrogens (tertiary/aromatic N) is 1. The van der Waals surface area contributed by atoms with E-state index in [1.54, 1.807) is 0 Å². The molecule has 1 saturated carbocycles. The van der Waals surface area contributed by atoms with Gasteiger partial charge < -0.3 is 10.6 Å². The molecule has 1 unspecified atom stereocenters. The van der Waals surface area contributed by atoms with E-state index in [0.717, 1.165) is 13.0 Å². The standard InChI is InChI=1S/C11H22N2O/c1-3-6-13(10-4-5-10)11(14)7-9(2)8-12/h9-10H,3-8,12H2,1-2H3. The number of hydrogen-bond acceptors (Lipinski definition) is 2. The van der Waals surface area contributed by atoms with Gasteiger partial charge in [0.15, 0.2) is 0 Å². The molecule has 1 aliphatic rings. The van der Waals surface area contributed by atoms with Crippen LogP contribution in [-0.2, 0) is 4.79 Å². The molecular formula is C11H22N2O. The van der Waals surface area contributed by atoms with Gasteiger partial charge in [0.25, 0.3) is 0 Å². The van der Waals surface area contributed by atoms with Gasteiger partial charge in [0, 0.05) is 19.0 Å². The van der Waals surface area contributed by atoms with Crippen LogP contribution < -0.4 is 5.73 Å². The Labute approximate surface area is 86.6 Å². The van der Waals surface area contributed by atoms with Crippen LogP contribution in [0.1, 0.15) is 39.5 Å². The van der Waals surface area contributed by atoms with Gasteiger partial charge in [-0.05, 0) is 31.7 Å². The van der Waals surface area contributed by atoms with Crippen molar-refractivity contribution < 1.29 is 4.79 Å². The zero-order valence-corrected chi connectivity index (χ0v) is 9.33. The van der Waals surface area contributed by atoms with E-state index in [-0.39, 0.29) is 0 Å². The van der Waals surface area contributed by atoms with Crippen LogP contribution in [0.4, 0.5) is 0 Å². The number of carbonyl (C=O) groups is 1. The number of nitrogens with two attached hydrogens (primary N) is 1. The van der Waals surface area contributed by atoms with Crippen molar-refractivity contribution in [2.45, 2.75) is 45.6 Å². The fourth-order valence-electron chi connectivity index (χ4n) is 1.64. The van der Waals surface area contributed by atoms with E-state index < -0.39 is 0 Å². The Balaban J connectivity index is 2.37. The molecule has 14 heavy (non-hydrogen) atoms. The molecule has 0 aromatic rings. The summed E-state index contributed by atoms with van der Waals surface area (Å²) >= 11 is 0. The van der Waals surface area contributed by atoms with Crippen LogP contribution in [0.25, 0.3) is 0 Å². The number of hydrogen-bond donors (Lipinski definition) is 1. The van der Waals surface area contributed by atoms with Crippen LogP contribution in [0.5, 0.6) is 0 Å². The Morgan fingerprint density at radius 1 is 1.57 bits per heavy atom. The van der Waals surface area contributed by atoms with Crippen molar-refractivity contribution in [2.24, 2.45) is 11.7 Å². The van der Waals surface area contributed by atoms with E-state index in [4.69, 9.17) is 5.73 Å². The lowest BCUT2D eigenvalue weighted by atomic mass is 10.1. The molecule has 1 rings (SSSR count). The normalized spacial score (nSPS) is 17.9. The molecule has 0 radical (unpaired) electrons. The highest BCUT2D eigenvalue weighted by atomic mass is 16.2. The highest BCUT2D eigenvalue weighted by molar-refractivity contribution is 5.77. The van der Waals surface area contributed by atoms with Gasteiger partial charge in [0.1, 0.15) is 0 Å². The van der Waals surface area contributed by atoms with Crippen LogP contribution in [0.2, 0.25) is 0 Å². The summed E-state index contributed by atoms with van der Waals surface area (Å²) in [7, 11) is 0. The third-order valence-electron chi connectivity index (χ3n) is 2.70. The summed E-state index contributed by atoms with van der Waals surface area (Å²) in [6, 6.07) is 0.549. The fourth-order valence-corrected chi connectivity index (χ4v) is 1.64. The number of rotatable bonds is 6. The molecule has 82 valence electrons. The maximum Gasteiger partial charge on any atom is 0.223 e. The van der Waals surface area contributed by atoms with Gasteiger partial charge >= 0.3 is 0 Å². The highest BCUT2D eigenvalue weighted by Gasteiger charge is 2.31. The zero-order valence-electron chi connectivity index (χ0n) is 9.33. The predicted octanol–water partition coefficient (Wildman–Crippen LogP) is 1.37. The van der Waals surface area contributed by atoms with Crippen LogP contribution in [0, 0.1) is 5.92 Å². The molecule has 3 nitrogen and oxygen atoms in total. The molecule has 0 bridgehead atoms. The van der Waals surface area contributed by atoms with Crippen molar-refractivity contribution in [3.63, 3.8) is 0 Å². The third kappa shape index (κ3) is 3.29. The van der Waals surface area contributed by atoms with E-state index >= 15 is 0 Å². The molecule has 0 aromatic heterocycles. The molecule has 3 heteroatoms. The van der Waals surface area contributed by atoms with Crippen LogP contribution in [0.15, 0.2) is 0 Å². The van der Waals surface area contributed by atoms with Crippen molar-refractivity contribution in [3.05, 3.63) is 0 Å². The molecule has 0 heterocycles. The minimum absolute atomic E-state index is 0.298. The molecule has 0 aromatic carbocycles. The molecule has 0 spiro atoms. The van der Waals surface area contributed by atoms with Gasteiger partial charge in [-0.25, -0.2) is 0 Å². The molecule has 1 aliphatic carbocycles. The Hall–Kier alpha value is -0.570. The van der Waals surface area contributed by atoms with Crippen molar-refractivity contribution in [1.82, 2.24) is 4.90 Å². The summed E-state index contributed by atoms with van der Waals surface area (Å²) in [6.07, 6.45) is 4.07. The lowest BCUT2D eigenvalue weighted by Crippen LogP contribution is -2.35. The van der Waals surface area contributed by atoms with Crippen LogP contribution in [0.3, 0.4) is 0 Å². The highest BCUT2D eigenvalue weighted by Crippen LogP contribution is 2.27. The van der Waals surface area contributed by atoms with E-state index in [9.17, 15) is 4.79 Å². The molecule has 0 aliphatic heterocycles. The smallest absolute Gasteiger partial charge is 0.223 e. The summed E-state index contributed by atoms with van der Waals surface area (Å²) in [6.45, 7) is 5.68. The Morgan fingerprint density at radius 3 is 2.64 bits per heavy atom. The second-order valence-corrected chi connectivity index (χ2v) is 4.36. The molecule has 1 fully saturated rings. The Bertz CT molecular complexity index is 190.